The molecule has 4 nitrogen and oxygen atoms in total. The van der Waals surface area contributed by atoms with Gasteiger partial charge in [0.05, 0.1) is 11.3 Å². The Kier molecular flexibility index (Phi) is 4.50. The van der Waals surface area contributed by atoms with E-state index in [1.807, 2.05) is 18.2 Å². The van der Waals surface area contributed by atoms with Crippen molar-refractivity contribution >= 4 is 15.9 Å². The van der Waals surface area contributed by atoms with Gasteiger partial charge in [-0.05, 0) is 28.1 Å². The number of rotatable bonds is 4. The first-order valence-corrected chi connectivity index (χ1v) is 6.60. The van der Waals surface area contributed by atoms with Gasteiger partial charge in [0.2, 0.25) is 0 Å². The number of nitrogens with one attached hydrogen (secondary N) is 1. The minimum Gasteiger partial charge on any atom is -0.388 e. The van der Waals surface area contributed by atoms with Crippen LogP contribution < -0.4 is 5.32 Å². The minimum atomic E-state index is -0.621. The van der Waals surface area contributed by atoms with Crippen LogP contribution >= 0.6 is 15.9 Å². The van der Waals surface area contributed by atoms with Gasteiger partial charge in [0.15, 0.2) is 0 Å². The predicted octanol–water partition coefficient (Wildman–Crippen LogP) is 1.48. The number of hydrogen-bond donors (Lipinski definition) is 2. The lowest BCUT2D eigenvalue weighted by Crippen LogP contribution is -2.44. The Bertz CT molecular complexity index is 367. The third-order valence-electron chi connectivity index (χ3n) is 2.96. The summed E-state index contributed by atoms with van der Waals surface area (Å²) in [5.41, 5.74) is 0.347. The van der Waals surface area contributed by atoms with Crippen LogP contribution in [0.4, 0.5) is 0 Å². The van der Waals surface area contributed by atoms with Gasteiger partial charge >= 0.3 is 0 Å². The van der Waals surface area contributed by atoms with Crippen LogP contribution in [-0.4, -0.2) is 35.5 Å². The lowest BCUT2D eigenvalue weighted by atomic mass is 9.94. The predicted molar refractivity (Wildman–Crippen MR) is 68.6 cm³/mol. The number of aliphatic hydroxyl groups is 1. The van der Waals surface area contributed by atoms with Crippen LogP contribution in [-0.2, 0) is 11.3 Å². The van der Waals surface area contributed by atoms with Gasteiger partial charge < -0.3 is 15.2 Å². The molecule has 0 bridgehead atoms. The van der Waals surface area contributed by atoms with E-state index in [1.54, 1.807) is 0 Å². The fraction of sp³-hybridized carbons (Fsp3) is 0.583. The summed E-state index contributed by atoms with van der Waals surface area (Å²) in [7, 11) is 0. The largest absolute Gasteiger partial charge is 0.388 e. The summed E-state index contributed by atoms with van der Waals surface area (Å²) >= 11 is 3.34. The fourth-order valence-corrected chi connectivity index (χ4v) is 2.28. The average Bonchev–Trinajstić information content (AvgIpc) is 2.30. The molecule has 5 heteroatoms. The van der Waals surface area contributed by atoms with Gasteiger partial charge in [0.1, 0.15) is 4.60 Å². The maximum atomic E-state index is 10.2. The molecule has 2 heterocycles. The Morgan fingerprint density at radius 2 is 2.18 bits per heavy atom. The number of ether oxygens (including phenoxy) is 1. The van der Waals surface area contributed by atoms with Crippen molar-refractivity contribution in [3.8, 4) is 0 Å². The van der Waals surface area contributed by atoms with Crippen LogP contribution in [0.25, 0.3) is 0 Å². The second-order valence-electron chi connectivity index (χ2n) is 4.39. The standard InChI is InChI=1S/C12H17BrN2O2/c13-11-3-1-2-10(15-11)8-14-9-12(16)4-6-17-7-5-12/h1-3,14,16H,4-9H2. The number of pyridine rings is 1. The van der Waals surface area contributed by atoms with Crippen molar-refractivity contribution in [1.29, 1.82) is 0 Å². The molecule has 0 aliphatic carbocycles. The summed E-state index contributed by atoms with van der Waals surface area (Å²) in [6.07, 6.45) is 1.40. The van der Waals surface area contributed by atoms with E-state index in [0.29, 0.717) is 39.1 Å². The highest BCUT2D eigenvalue weighted by molar-refractivity contribution is 9.10. The summed E-state index contributed by atoms with van der Waals surface area (Å²) in [6.45, 7) is 2.55. The number of hydrogen-bond acceptors (Lipinski definition) is 4. The third kappa shape index (κ3) is 4.03. The van der Waals surface area contributed by atoms with Crippen LogP contribution in [0.1, 0.15) is 18.5 Å². The van der Waals surface area contributed by atoms with E-state index in [2.05, 4.69) is 26.2 Å². The lowest BCUT2D eigenvalue weighted by Gasteiger charge is -2.32. The molecule has 0 radical (unpaired) electrons. The van der Waals surface area contributed by atoms with Crippen molar-refractivity contribution in [2.75, 3.05) is 19.8 Å². The molecule has 1 aromatic rings. The molecule has 2 N–H and O–H groups in total. The van der Waals surface area contributed by atoms with Crippen LogP contribution in [0.2, 0.25) is 0 Å². The maximum absolute atomic E-state index is 10.2. The van der Waals surface area contributed by atoms with E-state index in [0.717, 1.165) is 10.3 Å². The molecule has 0 aromatic carbocycles. The topological polar surface area (TPSA) is 54.4 Å². The second kappa shape index (κ2) is 5.91. The summed E-state index contributed by atoms with van der Waals surface area (Å²) in [5.74, 6) is 0. The van der Waals surface area contributed by atoms with Crippen molar-refractivity contribution in [2.45, 2.75) is 25.0 Å². The molecule has 17 heavy (non-hydrogen) atoms. The fourth-order valence-electron chi connectivity index (χ4n) is 1.90. The minimum absolute atomic E-state index is 0.588. The van der Waals surface area contributed by atoms with Crippen molar-refractivity contribution < 1.29 is 9.84 Å². The molecule has 1 aromatic heterocycles. The second-order valence-corrected chi connectivity index (χ2v) is 5.20. The first-order chi connectivity index (χ1) is 8.18. The molecule has 94 valence electrons. The molecule has 1 aliphatic heterocycles. The summed E-state index contributed by atoms with van der Waals surface area (Å²) in [6, 6.07) is 5.82. The molecular weight excluding hydrogens is 284 g/mol. The van der Waals surface area contributed by atoms with Gasteiger partial charge in [0, 0.05) is 39.1 Å². The summed E-state index contributed by atoms with van der Waals surface area (Å²) < 4.78 is 6.07. The summed E-state index contributed by atoms with van der Waals surface area (Å²) in [4.78, 5) is 4.33. The molecule has 0 atom stereocenters. The zero-order valence-electron chi connectivity index (χ0n) is 9.66. The monoisotopic (exact) mass is 300 g/mol. The zero-order valence-corrected chi connectivity index (χ0v) is 11.2. The molecule has 1 aliphatic rings. The van der Waals surface area contributed by atoms with Gasteiger partial charge in [-0.25, -0.2) is 4.98 Å². The normalized spacial score (nSPS) is 19.2. The first kappa shape index (κ1) is 13.0. The highest BCUT2D eigenvalue weighted by atomic mass is 79.9. The van der Waals surface area contributed by atoms with E-state index in [-0.39, 0.29) is 0 Å². The molecule has 0 saturated carbocycles. The van der Waals surface area contributed by atoms with E-state index < -0.39 is 5.60 Å². The van der Waals surface area contributed by atoms with E-state index in [4.69, 9.17) is 4.74 Å². The zero-order chi connectivity index (χ0) is 12.1. The van der Waals surface area contributed by atoms with Gasteiger partial charge in [0.25, 0.3) is 0 Å². The summed E-state index contributed by atoms with van der Waals surface area (Å²) in [5, 5.41) is 13.5. The average molecular weight is 301 g/mol. The smallest absolute Gasteiger partial charge is 0.106 e. The molecule has 0 unspecified atom stereocenters. The van der Waals surface area contributed by atoms with Gasteiger partial charge in [-0.15, -0.1) is 0 Å². The van der Waals surface area contributed by atoms with Crippen LogP contribution in [0.3, 0.4) is 0 Å². The van der Waals surface area contributed by atoms with E-state index in [9.17, 15) is 5.11 Å². The Balaban J connectivity index is 1.79. The van der Waals surface area contributed by atoms with Gasteiger partial charge in [-0.2, -0.15) is 0 Å². The van der Waals surface area contributed by atoms with Crippen LogP contribution in [0.5, 0.6) is 0 Å². The number of aromatic nitrogens is 1. The highest BCUT2D eigenvalue weighted by Gasteiger charge is 2.29. The van der Waals surface area contributed by atoms with Crippen LogP contribution in [0.15, 0.2) is 22.8 Å². The van der Waals surface area contributed by atoms with Crippen molar-refractivity contribution in [1.82, 2.24) is 10.3 Å². The van der Waals surface area contributed by atoms with Crippen molar-refractivity contribution in [3.63, 3.8) is 0 Å². The van der Waals surface area contributed by atoms with Crippen LogP contribution in [0, 0.1) is 0 Å². The maximum Gasteiger partial charge on any atom is 0.106 e. The molecule has 0 spiro atoms. The SMILES string of the molecule is OC1(CNCc2cccc(Br)n2)CCOCC1. The number of nitrogens with zero attached hydrogens (tertiary/aromatic N) is 1. The van der Waals surface area contributed by atoms with Crippen molar-refractivity contribution in [3.05, 3.63) is 28.5 Å². The quantitative estimate of drug-likeness (QED) is 0.827. The van der Waals surface area contributed by atoms with E-state index >= 15 is 0 Å². The van der Waals surface area contributed by atoms with Gasteiger partial charge in [-0.3, -0.25) is 0 Å². The molecular formula is C12H17BrN2O2. The third-order valence-corrected chi connectivity index (χ3v) is 3.40. The van der Waals surface area contributed by atoms with Crippen molar-refractivity contribution in [2.24, 2.45) is 0 Å². The van der Waals surface area contributed by atoms with E-state index in [1.165, 1.54) is 0 Å². The Morgan fingerprint density at radius 1 is 1.41 bits per heavy atom. The Morgan fingerprint density at radius 3 is 2.88 bits per heavy atom. The molecule has 0 amide bonds. The lowest BCUT2D eigenvalue weighted by molar-refractivity contribution is -0.0617. The molecule has 2 rings (SSSR count). The number of halogens is 1. The Labute approximate surface area is 110 Å². The molecule has 1 fully saturated rings. The first-order valence-electron chi connectivity index (χ1n) is 5.80. The Hall–Kier alpha value is -0.490. The highest BCUT2D eigenvalue weighted by Crippen LogP contribution is 2.19. The molecule has 1 saturated heterocycles. The van der Waals surface area contributed by atoms with Gasteiger partial charge in [-0.1, -0.05) is 6.07 Å².